The molecule has 0 saturated heterocycles. The Hall–Kier alpha value is -3.28. The van der Waals surface area contributed by atoms with Gasteiger partial charge < -0.3 is 5.32 Å². The van der Waals surface area contributed by atoms with E-state index in [1.807, 2.05) is 13.8 Å². The Bertz CT molecular complexity index is 1640. The van der Waals surface area contributed by atoms with Crippen LogP contribution in [0.1, 0.15) is 36.8 Å². The molecule has 200 valence electrons. The predicted molar refractivity (Wildman–Crippen MR) is 145 cm³/mol. The Kier molecular flexibility index (Phi) is 7.26. The number of anilines is 1. The van der Waals surface area contributed by atoms with E-state index < -0.39 is 20.1 Å². The molecule has 2 heterocycles. The summed E-state index contributed by atoms with van der Waals surface area (Å²) in [6, 6.07) is 15.2. The molecule has 1 N–H and O–H groups in total. The van der Waals surface area contributed by atoms with E-state index in [0.29, 0.717) is 16.9 Å². The van der Waals surface area contributed by atoms with E-state index in [9.17, 15) is 16.8 Å². The molecule has 1 fully saturated rings. The first-order valence-electron chi connectivity index (χ1n) is 12.5. The molecule has 38 heavy (non-hydrogen) atoms. The van der Waals surface area contributed by atoms with Crippen molar-refractivity contribution in [1.29, 1.82) is 0 Å². The van der Waals surface area contributed by atoms with Gasteiger partial charge in [-0.1, -0.05) is 35.4 Å². The maximum absolute atomic E-state index is 13.2. The van der Waals surface area contributed by atoms with Crippen molar-refractivity contribution in [2.24, 2.45) is 5.92 Å². The molecule has 11 heteroatoms. The van der Waals surface area contributed by atoms with Gasteiger partial charge in [0.1, 0.15) is 12.1 Å². The first-order chi connectivity index (χ1) is 18.1. The van der Waals surface area contributed by atoms with Gasteiger partial charge in [0, 0.05) is 12.2 Å². The highest BCUT2D eigenvalue weighted by molar-refractivity contribution is 7.90. The van der Waals surface area contributed by atoms with E-state index in [1.165, 1.54) is 16.5 Å². The molecule has 9 nitrogen and oxygen atoms in total. The van der Waals surface area contributed by atoms with Crippen molar-refractivity contribution in [3.8, 4) is 0 Å². The van der Waals surface area contributed by atoms with Gasteiger partial charge in [0.15, 0.2) is 5.65 Å². The molecule has 1 aliphatic rings. The summed E-state index contributed by atoms with van der Waals surface area (Å²) in [6.07, 6.45) is 6.10. The molecule has 0 radical (unpaired) electrons. The molecule has 5 rings (SSSR count). The van der Waals surface area contributed by atoms with Crippen LogP contribution in [0, 0.1) is 19.8 Å². The quantitative estimate of drug-likeness (QED) is 0.312. The Balaban J connectivity index is 1.23. The zero-order chi connectivity index (χ0) is 26.9. The summed E-state index contributed by atoms with van der Waals surface area (Å²) in [7, 11) is -7.58. The van der Waals surface area contributed by atoms with Gasteiger partial charge in [-0.2, -0.15) is 8.42 Å². The van der Waals surface area contributed by atoms with Crippen molar-refractivity contribution in [2.45, 2.75) is 55.4 Å². The van der Waals surface area contributed by atoms with Crippen molar-refractivity contribution >= 4 is 37.0 Å². The molecule has 0 atom stereocenters. The Morgan fingerprint density at radius 1 is 0.842 bits per heavy atom. The van der Waals surface area contributed by atoms with Crippen molar-refractivity contribution in [3.05, 3.63) is 78.2 Å². The molecule has 0 bridgehead atoms. The number of aromatic nitrogens is 3. The summed E-state index contributed by atoms with van der Waals surface area (Å²) >= 11 is 0. The number of benzene rings is 2. The maximum atomic E-state index is 13.2. The number of hydrogen-bond acceptors (Lipinski definition) is 8. The third kappa shape index (κ3) is 5.45. The summed E-state index contributed by atoms with van der Waals surface area (Å²) in [4.78, 5) is 8.99. The molecule has 2 aromatic heterocycles. The second-order valence-electron chi connectivity index (χ2n) is 9.80. The lowest BCUT2D eigenvalue weighted by Gasteiger charge is -2.29. The fourth-order valence-corrected chi connectivity index (χ4v) is 6.97. The van der Waals surface area contributed by atoms with Gasteiger partial charge in [-0.25, -0.2) is 22.4 Å². The van der Waals surface area contributed by atoms with Crippen LogP contribution in [-0.2, 0) is 24.3 Å². The van der Waals surface area contributed by atoms with Gasteiger partial charge in [-0.15, -0.1) is 0 Å². The van der Waals surface area contributed by atoms with E-state index in [4.69, 9.17) is 4.18 Å². The lowest BCUT2D eigenvalue weighted by atomic mass is 9.86. The summed E-state index contributed by atoms with van der Waals surface area (Å²) in [5.41, 5.74) is 2.27. The van der Waals surface area contributed by atoms with E-state index in [1.54, 1.807) is 54.6 Å². The highest BCUT2D eigenvalue weighted by atomic mass is 32.2. The summed E-state index contributed by atoms with van der Waals surface area (Å²) in [5.74, 6) is 0.717. The summed E-state index contributed by atoms with van der Waals surface area (Å²) in [5, 5.41) is 4.06. The summed E-state index contributed by atoms with van der Waals surface area (Å²) < 4.78 is 58.0. The van der Waals surface area contributed by atoms with Crippen molar-refractivity contribution in [3.63, 3.8) is 0 Å². The zero-order valence-electron chi connectivity index (χ0n) is 21.2. The average molecular weight is 555 g/mol. The molecule has 1 saturated carbocycles. The average Bonchev–Trinajstić information content (AvgIpc) is 3.35. The minimum atomic E-state index is -3.80. The smallest absolute Gasteiger partial charge is 0.296 e. The van der Waals surface area contributed by atoms with E-state index in [2.05, 4.69) is 15.3 Å². The molecule has 0 unspecified atom stereocenters. The lowest BCUT2D eigenvalue weighted by molar-refractivity contribution is 0.208. The van der Waals surface area contributed by atoms with Crippen LogP contribution in [0.15, 0.2) is 76.9 Å². The lowest BCUT2D eigenvalue weighted by Crippen LogP contribution is -2.28. The fourth-order valence-electron chi connectivity index (χ4n) is 4.69. The monoisotopic (exact) mass is 554 g/mol. The van der Waals surface area contributed by atoms with Gasteiger partial charge in [-0.3, -0.25) is 4.18 Å². The van der Waals surface area contributed by atoms with Crippen molar-refractivity contribution < 1.29 is 21.0 Å². The van der Waals surface area contributed by atoms with Crippen LogP contribution in [0.5, 0.6) is 0 Å². The third-order valence-electron chi connectivity index (χ3n) is 6.98. The number of nitrogens with zero attached hydrogens (tertiary/aromatic N) is 3. The van der Waals surface area contributed by atoms with Crippen molar-refractivity contribution in [1.82, 2.24) is 13.9 Å². The molecule has 0 aliphatic heterocycles. The largest absolute Gasteiger partial charge is 0.367 e. The molecule has 4 aromatic rings. The topological polar surface area (TPSA) is 120 Å². The Morgan fingerprint density at radius 2 is 1.45 bits per heavy atom. The maximum Gasteiger partial charge on any atom is 0.296 e. The van der Waals surface area contributed by atoms with E-state index >= 15 is 0 Å². The number of rotatable bonds is 8. The van der Waals surface area contributed by atoms with Gasteiger partial charge >= 0.3 is 0 Å². The first kappa shape index (κ1) is 26.3. The van der Waals surface area contributed by atoms with Crippen LogP contribution in [0.25, 0.3) is 11.0 Å². The highest BCUT2D eigenvalue weighted by Crippen LogP contribution is 2.30. The van der Waals surface area contributed by atoms with Crippen LogP contribution >= 0.6 is 0 Å². The molecular weight excluding hydrogens is 524 g/mol. The third-order valence-corrected chi connectivity index (χ3v) is 9.96. The minimum Gasteiger partial charge on any atom is -0.367 e. The van der Waals surface area contributed by atoms with Crippen LogP contribution in [0.4, 0.5) is 5.82 Å². The van der Waals surface area contributed by atoms with Gasteiger partial charge in [0.2, 0.25) is 0 Å². The molecule has 1 aliphatic carbocycles. The minimum absolute atomic E-state index is 0.120. The predicted octanol–water partition coefficient (Wildman–Crippen LogP) is 4.66. The zero-order valence-corrected chi connectivity index (χ0v) is 22.9. The normalized spacial score (nSPS) is 18.5. The van der Waals surface area contributed by atoms with Gasteiger partial charge in [0.05, 0.1) is 21.8 Å². The van der Waals surface area contributed by atoms with Crippen molar-refractivity contribution in [2.75, 3.05) is 11.9 Å². The number of aryl methyl sites for hydroxylation is 2. The van der Waals surface area contributed by atoms with E-state index in [-0.39, 0.29) is 28.4 Å². The van der Waals surface area contributed by atoms with Gasteiger partial charge in [0.25, 0.3) is 20.1 Å². The molecular formula is C27H30N4O5S2. The molecule has 2 aromatic carbocycles. The highest BCUT2D eigenvalue weighted by Gasteiger charge is 2.26. The number of nitrogens with one attached hydrogen (secondary N) is 1. The Labute approximate surface area is 223 Å². The molecule has 0 spiro atoms. The van der Waals surface area contributed by atoms with Crippen LogP contribution in [0.2, 0.25) is 0 Å². The standard InChI is InChI=1S/C27H30N4O5S2/c1-19-3-11-23(12-4-19)37(32,33)31-16-15-25-26(28-18-29-27(25)31)30-22-9-7-21(8-10-22)17-36-38(34,35)24-13-5-20(2)6-14-24/h3-6,11-16,18,21-22H,7-10,17H2,1-2H3,(H,28,29,30). The Morgan fingerprint density at radius 3 is 2.08 bits per heavy atom. The van der Waals surface area contributed by atoms with Crippen LogP contribution in [-0.4, -0.2) is 43.4 Å². The number of fused-ring (bicyclic) bond motifs is 1. The fraction of sp³-hybridized carbons (Fsp3) is 0.333. The van der Waals surface area contributed by atoms with Crippen LogP contribution < -0.4 is 5.32 Å². The second-order valence-corrected chi connectivity index (χ2v) is 13.2. The number of hydrogen-bond donors (Lipinski definition) is 1. The van der Waals surface area contributed by atoms with Crippen LogP contribution in [0.3, 0.4) is 0 Å². The molecule has 0 amide bonds. The van der Waals surface area contributed by atoms with Gasteiger partial charge in [-0.05, 0) is 75.8 Å². The summed E-state index contributed by atoms with van der Waals surface area (Å²) in [6.45, 7) is 3.96. The first-order valence-corrected chi connectivity index (χ1v) is 15.4. The van der Waals surface area contributed by atoms with E-state index in [0.717, 1.165) is 36.8 Å². The second kappa shape index (κ2) is 10.5. The SMILES string of the molecule is Cc1ccc(S(=O)(=O)OCC2CCC(Nc3ncnc4c3ccn4S(=O)(=O)c3ccc(C)cc3)CC2)cc1.